The molecular formula is C12H27N3O. The number of amides is 1. The van der Waals surface area contributed by atoms with Crippen molar-refractivity contribution in [2.24, 2.45) is 5.73 Å². The van der Waals surface area contributed by atoms with Crippen LogP contribution < -0.4 is 11.1 Å². The van der Waals surface area contributed by atoms with E-state index < -0.39 is 0 Å². The number of nitrogens with one attached hydrogen (secondary N) is 1. The van der Waals surface area contributed by atoms with E-state index in [1.54, 1.807) is 0 Å². The van der Waals surface area contributed by atoms with Gasteiger partial charge in [-0.3, -0.25) is 4.79 Å². The third kappa shape index (κ3) is 6.80. The van der Waals surface area contributed by atoms with E-state index >= 15 is 0 Å². The summed E-state index contributed by atoms with van der Waals surface area (Å²) >= 11 is 0. The molecule has 3 N–H and O–H groups in total. The van der Waals surface area contributed by atoms with E-state index in [4.69, 9.17) is 5.73 Å². The van der Waals surface area contributed by atoms with Gasteiger partial charge in [0.05, 0.1) is 6.04 Å². The molecule has 0 bridgehead atoms. The second-order valence-electron chi connectivity index (χ2n) is 4.13. The van der Waals surface area contributed by atoms with Crippen LogP contribution in [0.4, 0.5) is 0 Å². The van der Waals surface area contributed by atoms with E-state index in [9.17, 15) is 4.79 Å². The summed E-state index contributed by atoms with van der Waals surface area (Å²) in [5.41, 5.74) is 5.36. The largest absolute Gasteiger partial charge is 0.368 e. The molecule has 0 aliphatic heterocycles. The molecule has 0 aliphatic rings. The average Bonchev–Trinajstić information content (AvgIpc) is 2.27. The SMILES string of the molecule is CCCNC(CCN(CC)CCC)C(N)=O. The van der Waals surface area contributed by atoms with E-state index in [2.05, 4.69) is 31.0 Å². The maximum atomic E-state index is 11.2. The number of nitrogens with zero attached hydrogens (tertiary/aromatic N) is 1. The standard InChI is InChI=1S/C12H27N3O/c1-4-8-14-11(12(13)16)7-10-15(6-3)9-5-2/h11,14H,4-10H2,1-3H3,(H2,13,16). The Labute approximate surface area is 99.6 Å². The van der Waals surface area contributed by atoms with Crippen molar-refractivity contribution in [1.82, 2.24) is 10.2 Å². The maximum Gasteiger partial charge on any atom is 0.234 e. The first-order chi connectivity index (χ1) is 7.65. The van der Waals surface area contributed by atoms with Gasteiger partial charge in [-0.05, 0) is 38.9 Å². The van der Waals surface area contributed by atoms with Gasteiger partial charge in [0.15, 0.2) is 0 Å². The van der Waals surface area contributed by atoms with Crippen LogP contribution in [0.2, 0.25) is 0 Å². The Balaban J connectivity index is 3.93. The normalized spacial score (nSPS) is 13.0. The molecule has 1 amide bonds. The molecule has 0 fully saturated rings. The Kier molecular flexibility index (Phi) is 9.24. The fourth-order valence-electron chi connectivity index (χ4n) is 1.72. The summed E-state index contributed by atoms with van der Waals surface area (Å²) in [5.74, 6) is -0.235. The first-order valence-corrected chi connectivity index (χ1v) is 6.40. The van der Waals surface area contributed by atoms with E-state index in [-0.39, 0.29) is 11.9 Å². The number of hydrogen-bond donors (Lipinski definition) is 2. The Morgan fingerprint density at radius 3 is 2.38 bits per heavy atom. The van der Waals surface area contributed by atoms with Gasteiger partial charge < -0.3 is 16.0 Å². The van der Waals surface area contributed by atoms with Crippen molar-refractivity contribution in [3.05, 3.63) is 0 Å². The lowest BCUT2D eigenvalue weighted by Crippen LogP contribution is -2.44. The Hall–Kier alpha value is -0.610. The van der Waals surface area contributed by atoms with Gasteiger partial charge in [0.1, 0.15) is 0 Å². The van der Waals surface area contributed by atoms with Gasteiger partial charge in [-0.1, -0.05) is 20.8 Å². The quantitative estimate of drug-likeness (QED) is 0.586. The Morgan fingerprint density at radius 1 is 1.25 bits per heavy atom. The predicted octanol–water partition coefficient (Wildman–Crippen LogP) is 0.962. The molecule has 0 rings (SSSR count). The average molecular weight is 229 g/mol. The maximum absolute atomic E-state index is 11.2. The Morgan fingerprint density at radius 2 is 1.94 bits per heavy atom. The lowest BCUT2D eigenvalue weighted by atomic mass is 10.1. The smallest absolute Gasteiger partial charge is 0.234 e. The molecule has 0 saturated heterocycles. The minimum absolute atomic E-state index is 0.175. The van der Waals surface area contributed by atoms with Crippen molar-refractivity contribution in [2.45, 2.75) is 46.1 Å². The van der Waals surface area contributed by atoms with Gasteiger partial charge >= 0.3 is 0 Å². The van der Waals surface area contributed by atoms with Crippen molar-refractivity contribution < 1.29 is 4.79 Å². The molecule has 0 radical (unpaired) electrons. The highest BCUT2D eigenvalue weighted by Crippen LogP contribution is 1.98. The van der Waals surface area contributed by atoms with Crippen LogP contribution in [0.1, 0.15) is 40.0 Å². The van der Waals surface area contributed by atoms with Crippen LogP contribution in [-0.2, 0) is 4.79 Å². The summed E-state index contributed by atoms with van der Waals surface area (Å²) in [7, 11) is 0. The molecule has 96 valence electrons. The molecule has 1 unspecified atom stereocenters. The number of carbonyl (C=O) groups excluding carboxylic acids is 1. The first-order valence-electron chi connectivity index (χ1n) is 6.40. The highest BCUT2D eigenvalue weighted by Gasteiger charge is 2.14. The number of carbonyl (C=O) groups is 1. The van der Waals surface area contributed by atoms with Crippen molar-refractivity contribution in [1.29, 1.82) is 0 Å². The van der Waals surface area contributed by atoms with Crippen LogP contribution in [0, 0.1) is 0 Å². The van der Waals surface area contributed by atoms with Gasteiger partial charge in [-0.2, -0.15) is 0 Å². The summed E-state index contributed by atoms with van der Waals surface area (Å²) < 4.78 is 0. The van der Waals surface area contributed by atoms with Crippen molar-refractivity contribution in [3.63, 3.8) is 0 Å². The summed E-state index contributed by atoms with van der Waals surface area (Å²) in [6.45, 7) is 10.3. The van der Waals surface area contributed by atoms with Crippen LogP contribution in [0.3, 0.4) is 0 Å². The van der Waals surface area contributed by atoms with Crippen LogP contribution in [0.15, 0.2) is 0 Å². The van der Waals surface area contributed by atoms with Crippen LogP contribution in [-0.4, -0.2) is 43.0 Å². The second kappa shape index (κ2) is 9.60. The van der Waals surface area contributed by atoms with Crippen LogP contribution in [0.25, 0.3) is 0 Å². The fraction of sp³-hybridized carbons (Fsp3) is 0.917. The van der Waals surface area contributed by atoms with E-state index in [1.807, 2.05) is 0 Å². The predicted molar refractivity (Wildman–Crippen MR) is 68.3 cm³/mol. The number of primary amides is 1. The minimum atomic E-state index is -0.235. The fourth-order valence-corrected chi connectivity index (χ4v) is 1.72. The molecule has 0 saturated carbocycles. The van der Waals surface area contributed by atoms with Crippen LogP contribution >= 0.6 is 0 Å². The zero-order valence-electron chi connectivity index (χ0n) is 11.0. The summed E-state index contributed by atoms with van der Waals surface area (Å²) in [4.78, 5) is 13.6. The lowest BCUT2D eigenvalue weighted by molar-refractivity contribution is -0.120. The molecule has 0 aliphatic carbocycles. The number of rotatable bonds is 10. The first kappa shape index (κ1) is 15.4. The molecule has 0 aromatic heterocycles. The van der Waals surface area contributed by atoms with Gasteiger partial charge in [0, 0.05) is 6.54 Å². The zero-order chi connectivity index (χ0) is 12.4. The van der Waals surface area contributed by atoms with Crippen LogP contribution in [0.5, 0.6) is 0 Å². The van der Waals surface area contributed by atoms with E-state index in [0.717, 1.165) is 45.4 Å². The Bertz CT molecular complexity index is 185. The monoisotopic (exact) mass is 229 g/mol. The molecule has 4 nitrogen and oxygen atoms in total. The molecule has 0 aromatic carbocycles. The van der Waals surface area contributed by atoms with Gasteiger partial charge in [0.25, 0.3) is 0 Å². The molecule has 0 spiro atoms. The molecule has 0 heterocycles. The molecule has 4 heteroatoms. The minimum Gasteiger partial charge on any atom is -0.368 e. The zero-order valence-corrected chi connectivity index (χ0v) is 11.0. The summed E-state index contributed by atoms with van der Waals surface area (Å²) in [6.07, 6.45) is 2.98. The molecule has 1 atom stereocenters. The van der Waals surface area contributed by atoms with Crippen molar-refractivity contribution >= 4 is 5.91 Å². The van der Waals surface area contributed by atoms with E-state index in [1.165, 1.54) is 0 Å². The number of hydrogen-bond acceptors (Lipinski definition) is 3. The van der Waals surface area contributed by atoms with E-state index in [0.29, 0.717) is 0 Å². The van der Waals surface area contributed by atoms with Crippen molar-refractivity contribution in [2.75, 3.05) is 26.2 Å². The lowest BCUT2D eigenvalue weighted by Gasteiger charge is -2.22. The molecular weight excluding hydrogens is 202 g/mol. The number of nitrogens with two attached hydrogens (primary N) is 1. The highest BCUT2D eigenvalue weighted by atomic mass is 16.1. The van der Waals surface area contributed by atoms with Gasteiger partial charge in [-0.25, -0.2) is 0 Å². The van der Waals surface area contributed by atoms with Gasteiger partial charge in [-0.15, -0.1) is 0 Å². The second-order valence-corrected chi connectivity index (χ2v) is 4.13. The van der Waals surface area contributed by atoms with Gasteiger partial charge in [0.2, 0.25) is 5.91 Å². The summed E-state index contributed by atoms with van der Waals surface area (Å²) in [5, 5.41) is 3.19. The highest BCUT2D eigenvalue weighted by molar-refractivity contribution is 5.79. The molecule has 16 heavy (non-hydrogen) atoms. The summed E-state index contributed by atoms with van der Waals surface area (Å²) in [6, 6.07) is -0.175. The third-order valence-corrected chi connectivity index (χ3v) is 2.71. The third-order valence-electron chi connectivity index (χ3n) is 2.71. The van der Waals surface area contributed by atoms with Crippen molar-refractivity contribution in [3.8, 4) is 0 Å². The molecule has 0 aromatic rings. The topological polar surface area (TPSA) is 58.4 Å².